The highest BCUT2D eigenvalue weighted by Crippen LogP contribution is 2.31. The van der Waals surface area contributed by atoms with Gasteiger partial charge < -0.3 is 10.1 Å². The smallest absolute Gasteiger partial charge is 0.234 e. The predicted octanol–water partition coefficient (Wildman–Crippen LogP) is 1.62. The van der Waals surface area contributed by atoms with Crippen LogP contribution in [0, 0.1) is 0 Å². The van der Waals surface area contributed by atoms with E-state index < -0.39 is 0 Å². The van der Waals surface area contributed by atoms with Crippen molar-refractivity contribution in [3.63, 3.8) is 0 Å². The molecule has 1 amide bonds. The van der Waals surface area contributed by atoms with Gasteiger partial charge in [-0.15, -0.1) is 0 Å². The molecular formula is C14H20N2O2. The predicted molar refractivity (Wildman–Crippen MR) is 70.6 cm³/mol. The first kappa shape index (κ1) is 12.9. The van der Waals surface area contributed by atoms with Crippen LogP contribution in [-0.4, -0.2) is 25.1 Å². The maximum atomic E-state index is 11.7. The first-order chi connectivity index (χ1) is 8.70. The third-order valence-electron chi connectivity index (χ3n) is 3.23. The zero-order valence-electron chi connectivity index (χ0n) is 10.9. The van der Waals surface area contributed by atoms with Crippen molar-refractivity contribution in [2.75, 3.05) is 13.2 Å². The van der Waals surface area contributed by atoms with Gasteiger partial charge in [-0.05, 0) is 19.4 Å². The average molecular weight is 248 g/mol. The van der Waals surface area contributed by atoms with Gasteiger partial charge >= 0.3 is 0 Å². The fraction of sp³-hybridized carbons (Fsp3) is 0.500. The number of fused-ring (bicyclic) bond motifs is 1. The molecule has 2 N–H and O–H groups in total. The SMILES string of the molecule is CCC(C)NC(=O)CNC1COc2ccccc21. The first-order valence-electron chi connectivity index (χ1n) is 6.45. The van der Waals surface area contributed by atoms with Gasteiger partial charge in [-0.3, -0.25) is 10.1 Å². The quantitative estimate of drug-likeness (QED) is 0.832. The van der Waals surface area contributed by atoms with Crippen LogP contribution in [0.3, 0.4) is 0 Å². The van der Waals surface area contributed by atoms with Crippen LogP contribution in [0.5, 0.6) is 5.75 Å². The summed E-state index contributed by atoms with van der Waals surface area (Å²) < 4.78 is 5.55. The zero-order valence-corrected chi connectivity index (χ0v) is 10.9. The Morgan fingerprint density at radius 3 is 3.06 bits per heavy atom. The van der Waals surface area contributed by atoms with Gasteiger partial charge in [0.05, 0.1) is 12.6 Å². The normalized spacial score (nSPS) is 18.9. The Labute approximate surface area is 108 Å². The number of hydrogen-bond donors (Lipinski definition) is 2. The Hall–Kier alpha value is -1.55. The lowest BCUT2D eigenvalue weighted by Gasteiger charge is -2.14. The van der Waals surface area contributed by atoms with Crippen LogP contribution in [0.2, 0.25) is 0 Å². The zero-order chi connectivity index (χ0) is 13.0. The third-order valence-corrected chi connectivity index (χ3v) is 3.23. The molecule has 0 spiro atoms. The number of ether oxygens (including phenoxy) is 1. The molecule has 1 aliphatic rings. The van der Waals surface area contributed by atoms with Crippen LogP contribution in [0.15, 0.2) is 24.3 Å². The second kappa shape index (κ2) is 5.87. The molecule has 2 atom stereocenters. The number of nitrogens with one attached hydrogen (secondary N) is 2. The highest BCUT2D eigenvalue weighted by molar-refractivity contribution is 5.78. The minimum atomic E-state index is 0.0359. The molecule has 1 aliphatic heterocycles. The van der Waals surface area contributed by atoms with E-state index in [4.69, 9.17) is 4.74 Å². The van der Waals surface area contributed by atoms with Crippen LogP contribution in [0.25, 0.3) is 0 Å². The molecule has 2 unspecified atom stereocenters. The number of rotatable bonds is 5. The van der Waals surface area contributed by atoms with Crippen molar-refractivity contribution in [2.45, 2.75) is 32.4 Å². The van der Waals surface area contributed by atoms with Crippen molar-refractivity contribution in [3.05, 3.63) is 29.8 Å². The fourth-order valence-corrected chi connectivity index (χ4v) is 1.98. The molecule has 0 aromatic heterocycles. The van der Waals surface area contributed by atoms with Gasteiger partial charge in [-0.2, -0.15) is 0 Å². The standard InChI is InChI=1S/C14H20N2O2/c1-3-10(2)16-14(17)8-15-12-9-18-13-7-5-4-6-11(12)13/h4-7,10,12,15H,3,8-9H2,1-2H3,(H,16,17). The summed E-state index contributed by atoms with van der Waals surface area (Å²) >= 11 is 0. The largest absolute Gasteiger partial charge is 0.491 e. The maximum Gasteiger partial charge on any atom is 0.234 e. The van der Waals surface area contributed by atoms with Crippen molar-refractivity contribution < 1.29 is 9.53 Å². The summed E-state index contributed by atoms with van der Waals surface area (Å²) in [6.07, 6.45) is 0.946. The number of para-hydroxylation sites is 1. The lowest BCUT2D eigenvalue weighted by atomic mass is 10.1. The summed E-state index contributed by atoms with van der Waals surface area (Å²) in [6.45, 7) is 4.98. The van der Waals surface area contributed by atoms with Gasteiger partial charge in [0.2, 0.25) is 5.91 Å². The van der Waals surface area contributed by atoms with E-state index in [1.807, 2.05) is 31.2 Å². The van der Waals surface area contributed by atoms with Crippen molar-refractivity contribution in [2.24, 2.45) is 0 Å². The monoisotopic (exact) mass is 248 g/mol. The summed E-state index contributed by atoms with van der Waals surface area (Å²) in [7, 11) is 0. The van der Waals surface area contributed by atoms with Gasteiger partial charge in [0.25, 0.3) is 0 Å². The minimum Gasteiger partial charge on any atom is -0.491 e. The van der Waals surface area contributed by atoms with Crippen LogP contribution in [0.4, 0.5) is 0 Å². The molecule has 1 aromatic rings. The third kappa shape index (κ3) is 3.01. The molecular weight excluding hydrogens is 228 g/mol. The molecule has 4 heteroatoms. The van der Waals surface area contributed by atoms with Crippen molar-refractivity contribution in [1.82, 2.24) is 10.6 Å². The molecule has 4 nitrogen and oxygen atoms in total. The molecule has 0 saturated heterocycles. The van der Waals surface area contributed by atoms with Gasteiger partial charge in [-0.25, -0.2) is 0 Å². The Bertz CT molecular complexity index is 420. The van der Waals surface area contributed by atoms with Gasteiger partial charge in [0, 0.05) is 11.6 Å². The summed E-state index contributed by atoms with van der Waals surface area (Å²) in [5.41, 5.74) is 1.13. The van der Waals surface area contributed by atoms with E-state index >= 15 is 0 Å². The van der Waals surface area contributed by atoms with Gasteiger partial charge in [0.15, 0.2) is 0 Å². The first-order valence-corrected chi connectivity index (χ1v) is 6.45. The van der Waals surface area contributed by atoms with Gasteiger partial charge in [0.1, 0.15) is 12.4 Å². The van der Waals surface area contributed by atoms with Crippen LogP contribution in [0.1, 0.15) is 31.9 Å². The van der Waals surface area contributed by atoms with Crippen LogP contribution >= 0.6 is 0 Å². The summed E-state index contributed by atoms with van der Waals surface area (Å²) in [5, 5.41) is 6.17. The fourth-order valence-electron chi connectivity index (χ4n) is 1.98. The number of carbonyl (C=O) groups is 1. The Balaban J connectivity index is 1.84. The van der Waals surface area contributed by atoms with Crippen molar-refractivity contribution >= 4 is 5.91 Å². The number of benzene rings is 1. The topological polar surface area (TPSA) is 50.4 Å². The van der Waals surface area contributed by atoms with Crippen LogP contribution in [-0.2, 0) is 4.79 Å². The molecule has 98 valence electrons. The molecule has 0 fully saturated rings. The highest BCUT2D eigenvalue weighted by atomic mass is 16.5. The number of amides is 1. The van der Waals surface area contributed by atoms with E-state index in [9.17, 15) is 4.79 Å². The highest BCUT2D eigenvalue weighted by Gasteiger charge is 2.23. The summed E-state index contributed by atoms with van der Waals surface area (Å²) in [4.78, 5) is 11.7. The second-order valence-corrected chi connectivity index (χ2v) is 4.66. The van der Waals surface area contributed by atoms with E-state index in [2.05, 4.69) is 17.6 Å². The molecule has 0 radical (unpaired) electrons. The molecule has 0 saturated carbocycles. The lowest BCUT2D eigenvalue weighted by Crippen LogP contribution is -2.40. The van der Waals surface area contributed by atoms with Gasteiger partial charge in [-0.1, -0.05) is 25.1 Å². The lowest BCUT2D eigenvalue weighted by molar-refractivity contribution is -0.121. The van der Waals surface area contributed by atoms with Crippen LogP contribution < -0.4 is 15.4 Å². The molecule has 1 heterocycles. The summed E-state index contributed by atoms with van der Waals surface area (Å²) in [5.74, 6) is 0.950. The molecule has 1 aromatic carbocycles. The van der Waals surface area contributed by atoms with Crippen molar-refractivity contribution in [3.8, 4) is 5.75 Å². The van der Waals surface area contributed by atoms with E-state index in [1.54, 1.807) is 0 Å². The van der Waals surface area contributed by atoms with E-state index in [0.29, 0.717) is 13.2 Å². The summed E-state index contributed by atoms with van der Waals surface area (Å²) in [6, 6.07) is 8.27. The second-order valence-electron chi connectivity index (χ2n) is 4.66. The average Bonchev–Trinajstić information content (AvgIpc) is 2.79. The molecule has 18 heavy (non-hydrogen) atoms. The van der Waals surface area contributed by atoms with E-state index in [0.717, 1.165) is 17.7 Å². The number of carbonyl (C=O) groups excluding carboxylic acids is 1. The maximum absolute atomic E-state index is 11.7. The molecule has 0 bridgehead atoms. The Kier molecular flexibility index (Phi) is 4.20. The Morgan fingerprint density at radius 1 is 1.50 bits per heavy atom. The van der Waals surface area contributed by atoms with Crippen molar-refractivity contribution in [1.29, 1.82) is 0 Å². The number of hydrogen-bond acceptors (Lipinski definition) is 3. The molecule has 2 rings (SSSR count). The van der Waals surface area contributed by atoms with E-state index in [1.165, 1.54) is 0 Å². The van der Waals surface area contributed by atoms with E-state index in [-0.39, 0.29) is 18.0 Å². The minimum absolute atomic E-state index is 0.0359. The molecule has 0 aliphatic carbocycles. The Morgan fingerprint density at radius 2 is 2.28 bits per heavy atom.